The third kappa shape index (κ3) is 8.67. The Bertz CT molecular complexity index is 537. The highest BCUT2D eigenvalue weighted by Gasteiger charge is 2.26. The van der Waals surface area contributed by atoms with E-state index >= 15 is 0 Å². The third-order valence-corrected chi connectivity index (χ3v) is 3.37. The first kappa shape index (κ1) is 23.1. The van der Waals surface area contributed by atoms with E-state index in [0.29, 0.717) is 0 Å². The Labute approximate surface area is 155 Å². The summed E-state index contributed by atoms with van der Waals surface area (Å²) in [5, 5.41) is 2.60. The molecule has 1 rings (SSSR count). The second-order valence-corrected chi connectivity index (χ2v) is 5.75. The van der Waals surface area contributed by atoms with Crippen molar-refractivity contribution in [2.45, 2.75) is 32.5 Å². The molecule has 25 heavy (non-hydrogen) atoms. The smallest absolute Gasteiger partial charge is 0.331 e. The number of benzene rings is 1. The maximum Gasteiger partial charge on any atom is 0.331 e. The van der Waals surface area contributed by atoms with Gasteiger partial charge in [-0.05, 0) is 11.5 Å². The lowest BCUT2D eigenvalue weighted by Gasteiger charge is -2.21. The van der Waals surface area contributed by atoms with Crippen LogP contribution in [0.25, 0.3) is 0 Å². The zero-order valence-electron chi connectivity index (χ0n) is 14.6. The van der Waals surface area contributed by atoms with Crippen LogP contribution in [0.4, 0.5) is 0 Å². The Balaban J connectivity index is 0.00000576. The molecule has 1 amide bonds. The number of halogens is 1. The molecule has 0 heterocycles. The monoisotopic (exact) mass is 370 g/mol. The minimum Gasteiger partial charge on any atom is -0.459 e. The summed E-state index contributed by atoms with van der Waals surface area (Å²) >= 11 is 0. The molecule has 1 aromatic carbocycles. The molecule has 3 N–H and O–H groups in total. The fourth-order valence-electron chi connectivity index (χ4n) is 1.84. The first-order valence-corrected chi connectivity index (χ1v) is 7.90. The minimum absolute atomic E-state index is 0. The van der Waals surface area contributed by atoms with Crippen LogP contribution < -0.4 is 11.1 Å². The van der Waals surface area contributed by atoms with E-state index < -0.39 is 24.0 Å². The van der Waals surface area contributed by atoms with Crippen molar-refractivity contribution >= 4 is 24.3 Å². The fourth-order valence-corrected chi connectivity index (χ4v) is 1.84. The Morgan fingerprint density at radius 3 is 2.48 bits per heavy atom. The Morgan fingerprint density at radius 1 is 1.28 bits per heavy atom. The predicted octanol–water partition coefficient (Wildman–Crippen LogP) is 1.82. The van der Waals surface area contributed by atoms with Crippen LogP contribution in [-0.4, -0.2) is 37.2 Å². The standard InChI is InChI=1S/C18H26N2O4.ClH/c1-4-10-23-12-15(20-17(21)16(19)13(2)3)18(22)24-11-14-8-6-5-7-9-14;/h4-9,13,15-16H,1,10-12,19H2,2-3H3,(H,20,21);1H/t15-,16-;/m0./s1. The van der Waals surface area contributed by atoms with Gasteiger partial charge in [0.05, 0.1) is 19.3 Å². The topological polar surface area (TPSA) is 90.6 Å². The van der Waals surface area contributed by atoms with Gasteiger partial charge in [-0.2, -0.15) is 0 Å². The van der Waals surface area contributed by atoms with E-state index in [-0.39, 0.29) is 38.1 Å². The second kappa shape index (κ2) is 12.5. The van der Waals surface area contributed by atoms with Gasteiger partial charge in [-0.3, -0.25) is 4.79 Å². The van der Waals surface area contributed by atoms with Crippen LogP contribution >= 0.6 is 12.4 Å². The molecule has 0 aliphatic rings. The van der Waals surface area contributed by atoms with Gasteiger partial charge in [-0.1, -0.05) is 50.3 Å². The predicted molar refractivity (Wildman–Crippen MR) is 99.2 cm³/mol. The Hall–Kier alpha value is -1.89. The number of nitrogens with one attached hydrogen (secondary N) is 1. The zero-order valence-corrected chi connectivity index (χ0v) is 15.5. The molecule has 0 aromatic heterocycles. The number of ether oxygens (including phenoxy) is 2. The number of hydrogen-bond donors (Lipinski definition) is 2. The van der Waals surface area contributed by atoms with Crippen LogP contribution in [0.15, 0.2) is 43.0 Å². The molecule has 1 aromatic rings. The second-order valence-electron chi connectivity index (χ2n) is 5.75. The van der Waals surface area contributed by atoms with Gasteiger partial charge in [-0.15, -0.1) is 19.0 Å². The molecule has 0 saturated carbocycles. The van der Waals surface area contributed by atoms with E-state index in [9.17, 15) is 9.59 Å². The highest BCUT2D eigenvalue weighted by Crippen LogP contribution is 2.04. The summed E-state index contributed by atoms with van der Waals surface area (Å²) in [4.78, 5) is 24.3. The SMILES string of the molecule is C=CCOC[C@H](NC(=O)[C@@H](N)C(C)C)C(=O)OCc1ccccc1.Cl. The van der Waals surface area contributed by atoms with Gasteiger partial charge in [0.25, 0.3) is 0 Å². The van der Waals surface area contributed by atoms with Crippen molar-refractivity contribution in [1.29, 1.82) is 0 Å². The molecule has 2 atom stereocenters. The maximum atomic E-state index is 12.3. The van der Waals surface area contributed by atoms with Gasteiger partial charge in [0.1, 0.15) is 6.61 Å². The summed E-state index contributed by atoms with van der Waals surface area (Å²) < 4.78 is 10.5. The lowest BCUT2D eigenvalue weighted by molar-refractivity contribution is -0.151. The van der Waals surface area contributed by atoms with Crippen LogP contribution in [0.3, 0.4) is 0 Å². The lowest BCUT2D eigenvalue weighted by Crippen LogP contribution is -2.52. The quantitative estimate of drug-likeness (QED) is 0.372. The molecular formula is C18H27ClN2O4. The molecule has 0 aliphatic heterocycles. The molecular weight excluding hydrogens is 344 g/mol. The van der Waals surface area contributed by atoms with Gasteiger partial charge >= 0.3 is 5.97 Å². The van der Waals surface area contributed by atoms with Gasteiger partial charge < -0.3 is 20.5 Å². The summed E-state index contributed by atoms with van der Waals surface area (Å²) in [6.45, 7) is 7.61. The van der Waals surface area contributed by atoms with Crippen LogP contribution in [0, 0.1) is 5.92 Å². The van der Waals surface area contributed by atoms with Crippen LogP contribution in [0.2, 0.25) is 0 Å². The number of hydrogen-bond acceptors (Lipinski definition) is 5. The van der Waals surface area contributed by atoms with E-state index in [0.717, 1.165) is 5.56 Å². The molecule has 7 heteroatoms. The average Bonchev–Trinajstić information content (AvgIpc) is 2.58. The lowest BCUT2D eigenvalue weighted by atomic mass is 10.0. The van der Waals surface area contributed by atoms with Gasteiger partial charge in [0.2, 0.25) is 5.91 Å². The number of carbonyl (C=O) groups excluding carboxylic acids is 2. The largest absolute Gasteiger partial charge is 0.459 e. The van der Waals surface area contributed by atoms with Crippen molar-refractivity contribution in [3.63, 3.8) is 0 Å². The highest BCUT2D eigenvalue weighted by atomic mass is 35.5. The molecule has 0 bridgehead atoms. The van der Waals surface area contributed by atoms with Crippen molar-refractivity contribution in [3.8, 4) is 0 Å². The molecule has 6 nitrogen and oxygen atoms in total. The van der Waals surface area contributed by atoms with E-state index in [2.05, 4.69) is 11.9 Å². The van der Waals surface area contributed by atoms with Crippen molar-refractivity contribution in [2.24, 2.45) is 11.7 Å². The Morgan fingerprint density at radius 2 is 1.92 bits per heavy atom. The fraction of sp³-hybridized carbons (Fsp3) is 0.444. The molecule has 0 spiro atoms. The first-order chi connectivity index (χ1) is 11.5. The molecule has 0 saturated heterocycles. The van der Waals surface area contributed by atoms with Crippen molar-refractivity contribution in [1.82, 2.24) is 5.32 Å². The number of esters is 1. The van der Waals surface area contributed by atoms with Crippen LogP contribution in [0.1, 0.15) is 19.4 Å². The van der Waals surface area contributed by atoms with Crippen LogP contribution in [-0.2, 0) is 25.7 Å². The van der Waals surface area contributed by atoms with Crippen molar-refractivity contribution in [3.05, 3.63) is 48.6 Å². The summed E-state index contributed by atoms with van der Waals surface area (Å²) in [5.41, 5.74) is 6.67. The highest BCUT2D eigenvalue weighted by molar-refractivity contribution is 5.87. The normalized spacial score (nSPS) is 12.6. The number of carbonyl (C=O) groups is 2. The van der Waals surface area contributed by atoms with Gasteiger partial charge in [-0.25, -0.2) is 4.79 Å². The minimum atomic E-state index is -0.911. The molecule has 0 fully saturated rings. The zero-order chi connectivity index (χ0) is 17.9. The van der Waals surface area contributed by atoms with E-state index in [1.165, 1.54) is 0 Å². The summed E-state index contributed by atoms with van der Waals surface area (Å²) in [6, 6.07) is 7.69. The van der Waals surface area contributed by atoms with Gasteiger partial charge in [0.15, 0.2) is 6.04 Å². The van der Waals surface area contributed by atoms with E-state index in [1.54, 1.807) is 6.08 Å². The Kier molecular flexibility index (Phi) is 11.5. The van der Waals surface area contributed by atoms with Crippen molar-refractivity contribution in [2.75, 3.05) is 13.2 Å². The van der Waals surface area contributed by atoms with E-state index in [4.69, 9.17) is 15.2 Å². The molecule has 0 aliphatic carbocycles. The maximum absolute atomic E-state index is 12.3. The number of nitrogens with two attached hydrogens (primary N) is 1. The third-order valence-electron chi connectivity index (χ3n) is 3.37. The molecule has 0 radical (unpaired) electrons. The number of rotatable bonds is 10. The molecule has 140 valence electrons. The van der Waals surface area contributed by atoms with E-state index in [1.807, 2.05) is 44.2 Å². The summed E-state index contributed by atoms with van der Waals surface area (Å²) in [7, 11) is 0. The average molecular weight is 371 g/mol. The first-order valence-electron chi connectivity index (χ1n) is 7.90. The van der Waals surface area contributed by atoms with Gasteiger partial charge in [0, 0.05) is 0 Å². The molecule has 0 unspecified atom stereocenters. The van der Waals surface area contributed by atoms with Crippen molar-refractivity contribution < 1.29 is 19.1 Å². The summed E-state index contributed by atoms with van der Waals surface area (Å²) in [6.07, 6.45) is 1.56. The summed E-state index contributed by atoms with van der Waals surface area (Å²) in [5.74, 6) is -1.01. The number of amides is 1. The van der Waals surface area contributed by atoms with Crippen LogP contribution in [0.5, 0.6) is 0 Å².